The molecule has 1 aromatic heterocycles. The summed E-state index contributed by atoms with van der Waals surface area (Å²) >= 11 is 6.00. The fraction of sp³-hybridized carbons (Fsp3) is 0.167. The molecule has 4 rings (SSSR count). The highest BCUT2D eigenvalue weighted by Crippen LogP contribution is 2.29. The number of carbonyl (C=O) groups excluding carboxylic acids is 1. The zero-order valence-corrected chi connectivity index (χ0v) is 14.3. The molecule has 6 nitrogen and oxygen atoms in total. The minimum absolute atomic E-state index is 0.0317. The molecule has 2 heterocycles. The van der Waals surface area contributed by atoms with Gasteiger partial charge in [0.15, 0.2) is 0 Å². The molecule has 0 fully saturated rings. The minimum Gasteiger partial charge on any atom is -0.489 e. The molecule has 0 saturated heterocycles. The van der Waals surface area contributed by atoms with Gasteiger partial charge in [-0.3, -0.25) is 10.1 Å². The summed E-state index contributed by atoms with van der Waals surface area (Å²) < 4.78 is 21.1. The second-order valence-electron chi connectivity index (χ2n) is 5.85. The summed E-state index contributed by atoms with van der Waals surface area (Å²) in [5.41, 5.74) is 1.22. The molecule has 132 valence electrons. The van der Waals surface area contributed by atoms with Crippen molar-refractivity contribution in [1.29, 1.82) is 0 Å². The summed E-state index contributed by atoms with van der Waals surface area (Å²) in [5, 5.41) is 7.18. The van der Waals surface area contributed by atoms with Gasteiger partial charge in [-0.25, -0.2) is 9.07 Å². The maximum Gasteiger partial charge on any atom is 0.229 e. The van der Waals surface area contributed by atoms with Gasteiger partial charge in [-0.1, -0.05) is 29.8 Å². The van der Waals surface area contributed by atoms with Crippen molar-refractivity contribution >= 4 is 23.5 Å². The summed E-state index contributed by atoms with van der Waals surface area (Å²) in [7, 11) is 0. The van der Waals surface area contributed by atoms with Crippen LogP contribution in [0.15, 0.2) is 48.8 Å². The number of carbonyl (C=O) groups is 1. The number of ether oxygens (including phenoxy) is 1. The Hall–Kier alpha value is -2.93. The smallest absolute Gasteiger partial charge is 0.229 e. The highest BCUT2D eigenvalue weighted by atomic mass is 35.5. The third kappa shape index (κ3) is 3.13. The van der Waals surface area contributed by atoms with E-state index in [2.05, 4.69) is 15.4 Å². The van der Waals surface area contributed by atoms with E-state index in [1.807, 2.05) is 12.1 Å². The lowest BCUT2D eigenvalue weighted by atomic mass is 10.0. The van der Waals surface area contributed by atoms with Crippen molar-refractivity contribution in [2.75, 3.05) is 5.32 Å². The molecule has 1 aliphatic heterocycles. The molecule has 0 bridgehead atoms. The van der Waals surface area contributed by atoms with Crippen molar-refractivity contribution in [3.05, 3.63) is 70.8 Å². The zero-order valence-electron chi connectivity index (χ0n) is 13.5. The molecule has 26 heavy (non-hydrogen) atoms. The SMILES string of the molecule is O=C1C[C@@H](c2ccc(OCc3c(F)cccc3Cl)cc2)n2ncnc2N1. The molecular weight excluding hydrogens is 359 g/mol. The zero-order chi connectivity index (χ0) is 18.1. The molecule has 1 atom stereocenters. The van der Waals surface area contributed by atoms with Gasteiger partial charge in [0, 0.05) is 5.56 Å². The lowest BCUT2D eigenvalue weighted by molar-refractivity contribution is -0.117. The van der Waals surface area contributed by atoms with Crippen LogP contribution in [0.25, 0.3) is 0 Å². The lowest BCUT2D eigenvalue weighted by Gasteiger charge is -2.23. The second-order valence-corrected chi connectivity index (χ2v) is 6.26. The van der Waals surface area contributed by atoms with E-state index < -0.39 is 5.82 Å². The molecule has 8 heteroatoms. The number of fused-ring (bicyclic) bond motifs is 1. The Balaban J connectivity index is 1.50. The number of amides is 1. The van der Waals surface area contributed by atoms with Crippen molar-refractivity contribution in [3.8, 4) is 5.75 Å². The van der Waals surface area contributed by atoms with Gasteiger partial charge < -0.3 is 4.74 Å². The van der Waals surface area contributed by atoms with Crippen molar-refractivity contribution < 1.29 is 13.9 Å². The number of nitrogens with zero attached hydrogens (tertiary/aromatic N) is 3. The Labute approximate surface area is 153 Å². The van der Waals surface area contributed by atoms with Crippen molar-refractivity contribution in [2.45, 2.75) is 19.1 Å². The van der Waals surface area contributed by atoms with Crippen LogP contribution in [0.2, 0.25) is 5.02 Å². The molecule has 0 unspecified atom stereocenters. The van der Waals surface area contributed by atoms with Gasteiger partial charge >= 0.3 is 0 Å². The number of aromatic nitrogens is 3. The fourth-order valence-electron chi connectivity index (χ4n) is 2.88. The first kappa shape index (κ1) is 16.5. The maximum absolute atomic E-state index is 13.8. The lowest BCUT2D eigenvalue weighted by Crippen LogP contribution is -2.29. The van der Waals surface area contributed by atoms with Crippen LogP contribution in [0.3, 0.4) is 0 Å². The van der Waals surface area contributed by atoms with Crippen LogP contribution in [0.1, 0.15) is 23.6 Å². The molecule has 1 amide bonds. The minimum atomic E-state index is -0.402. The Morgan fingerprint density at radius 1 is 1.27 bits per heavy atom. The number of anilines is 1. The number of hydrogen-bond donors (Lipinski definition) is 1. The monoisotopic (exact) mass is 372 g/mol. The Bertz CT molecular complexity index is 938. The van der Waals surface area contributed by atoms with Gasteiger partial charge in [0.05, 0.1) is 17.5 Å². The van der Waals surface area contributed by atoms with Crippen molar-refractivity contribution in [1.82, 2.24) is 14.8 Å². The van der Waals surface area contributed by atoms with Crippen LogP contribution in [-0.2, 0) is 11.4 Å². The average molecular weight is 373 g/mol. The van der Waals surface area contributed by atoms with Crippen LogP contribution in [-0.4, -0.2) is 20.7 Å². The second kappa shape index (κ2) is 6.76. The highest BCUT2D eigenvalue weighted by Gasteiger charge is 2.27. The van der Waals surface area contributed by atoms with E-state index in [1.54, 1.807) is 28.9 Å². The first-order chi connectivity index (χ1) is 12.6. The van der Waals surface area contributed by atoms with Gasteiger partial charge in [0.25, 0.3) is 0 Å². The predicted octanol–water partition coefficient (Wildman–Crippen LogP) is 3.58. The number of rotatable bonds is 4. The highest BCUT2D eigenvalue weighted by molar-refractivity contribution is 6.31. The van der Waals surface area contributed by atoms with E-state index in [0.29, 0.717) is 22.3 Å². The third-order valence-electron chi connectivity index (χ3n) is 4.21. The maximum atomic E-state index is 13.8. The summed E-state index contributed by atoms with van der Waals surface area (Å²) in [6, 6.07) is 11.5. The number of hydrogen-bond acceptors (Lipinski definition) is 4. The standard InChI is InChI=1S/C18H14ClFN4O2/c19-14-2-1-3-15(20)13(14)9-26-12-6-4-11(5-7-12)16-8-17(25)23-18-21-10-22-24(16)18/h1-7,10,16H,8-9H2,(H,21,22,23,25)/t16-/m0/s1. The summed E-state index contributed by atoms with van der Waals surface area (Å²) in [4.78, 5) is 15.9. The average Bonchev–Trinajstić information content (AvgIpc) is 3.09. The molecule has 3 aromatic rings. The van der Waals surface area contributed by atoms with Crippen LogP contribution >= 0.6 is 11.6 Å². The van der Waals surface area contributed by atoms with Gasteiger partial charge in [0.2, 0.25) is 11.9 Å². The quantitative estimate of drug-likeness (QED) is 0.760. The number of halogens is 2. The van der Waals surface area contributed by atoms with E-state index in [-0.39, 0.29) is 25.0 Å². The molecule has 0 spiro atoms. The van der Waals surface area contributed by atoms with E-state index >= 15 is 0 Å². The van der Waals surface area contributed by atoms with Crippen LogP contribution in [0.4, 0.5) is 10.3 Å². The Morgan fingerprint density at radius 3 is 2.85 bits per heavy atom. The number of benzene rings is 2. The topological polar surface area (TPSA) is 69.0 Å². The van der Waals surface area contributed by atoms with Gasteiger partial charge in [-0.15, -0.1) is 0 Å². The largest absolute Gasteiger partial charge is 0.489 e. The van der Waals surface area contributed by atoms with Gasteiger partial charge in [-0.05, 0) is 29.8 Å². The fourth-order valence-corrected chi connectivity index (χ4v) is 3.09. The van der Waals surface area contributed by atoms with Gasteiger partial charge in [0.1, 0.15) is 24.5 Å². The van der Waals surface area contributed by atoms with Crippen LogP contribution in [0.5, 0.6) is 5.75 Å². The van der Waals surface area contributed by atoms with E-state index in [1.165, 1.54) is 12.4 Å². The predicted molar refractivity (Wildman–Crippen MR) is 93.6 cm³/mol. The molecule has 0 radical (unpaired) electrons. The Kier molecular flexibility index (Phi) is 4.30. The van der Waals surface area contributed by atoms with Crippen molar-refractivity contribution in [2.24, 2.45) is 0 Å². The summed E-state index contributed by atoms with van der Waals surface area (Å²) in [6.45, 7) is 0.0317. The van der Waals surface area contributed by atoms with Crippen molar-refractivity contribution in [3.63, 3.8) is 0 Å². The first-order valence-corrected chi connectivity index (χ1v) is 8.34. The third-order valence-corrected chi connectivity index (χ3v) is 4.56. The molecule has 0 saturated carbocycles. The van der Waals surface area contributed by atoms with E-state index in [4.69, 9.17) is 16.3 Å². The number of nitrogens with one attached hydrogen (secondary N) is 1. The molecule has 0 aliphatic carbocycles. The molecule has 1 N–H and O–H groups in total. The van der Waals surface area contributed by atoms with Crippen LogP contribution < -0.4 is 10.1 Å². The van der Waals surface area contributed by atoms with Gasteiger partial charge in [-0.2, -0.15) is 10.1 Å². The molecule has 2 aromatic carbocycles. The molecule has 1 aliphatic rings. The summed E-state index contributed by atoms with van der Waals surface area (Å²) in [5.74, 6) is 0.499. The molecular formula is C18H14ClFN4O2. The summed E-state index contributed by atoms with van der Waals surface area (Å²) in [6.07, 6.45) is 1.69. The Morgan fingerprint density at radius 2 is 2.08 bits per heavy atom. The van der Waals surface area contributed by atoms with Crippen LogP contribution in [0, 0.1) is 5.82 Å². The first-order valence-electron chi connectivity index (χ1n) is 7.97. The van der Waals surface area contributed by atoms with E-state index in [9.17, 15) is 9.18 Å². The normalized spacial score (nSPS) is 16.1. The van der Waals surface area contributed by atoms with E-state index in [0.717, 1.165) is 5.56 Å².